The maximum absolute atomic E-state index is 12.0. The largest absolute Gasteiger partial charge is 0.363 e. The van der Waals surface area contributed by atoms with Gasteiger partial charge in [-0.1, -0.05) is 5.16 Å². The van der Waals surface area contributed by atoms with Crippen LogP contribution in [0.1, 0.15) is 35.8 Å². The van der Waals surface area contributed by atoms with Crippen LogP contribution in [0.25, 0.3) is 0 Å². The SMILES string of the molecule is CN1CC[C@@]2(CCC1=O)CN(Cc1nc(C(N)=O)no1)CCN2C. The second kappa shape index (κ2) is 6.48. The molecule has 2 aliphatic heterocycles. The van der Waals surface area contributed by atoms with Crippen molar-refractivity contribution in [2.75, 3.05) is 40.3 Å². The number of carbonyl (C=O) groups excluding carboxylic acids is 2. The molecule has 2 amide bonds. The number of nitrogens with two attached hydrogens (primary N) is 1. The van der Waals surface area contributed by atoms with Crippen LogP contribution in [0.4, 0.5) is 0 Å². The molecule has 0 saturated carbocycles. The van der Waals surface area contributed by atoms with Gasteiger partial charge in [0.15, 0.2) is 0 Å². The van der Waals surface area contributed by atoms with Gasteiger partial charge in [-0.15, -0.1) is 0 Å². The van der Waals surface area contributed by atoms with Crippen LogP contribution >= 0.6 is 0 Å². The van der Waals surface area contributed by atoms with E-state index < -0.39 is 5.91 Å². The molecule has 0 radical (unpaired) electrons. The second-order valence-electron chi connectivity index (χ2n) is 6.80. The van der Waals surface area contributed by atoms with E-state index in [9.17, 15) is 9.59 Å². The molecule has 2 N–H and O–H groups in total. The second-order valence-corrected chi connectivity index (χ2v) is 6.80. The summed E-state index contributed by atoms with van der Waals surface area (Å²) in [5, 5.41) is 3.59. The minimum Gasteiger partial charge on any atom is -0.363 e. The zero-order valence-corrected chi connectivity index (χ0v) is 14.2. The molecule has 0 bridgehead atoms. The molecule has 9 heteroatoms. The number of likely N-dealkylation sites (tertiary alicyclic amines) is 1. The first-order chi connectivity index (χ1) is 11.4. The highest BCUT2D eigenvalue weighted by Gasteiger charge is 2.42. The molecule has 1 aromatic heterocycles. The maximum Gasteiger partial charge on any atom is 0.290 e. The first-order valence-electron chi connectivity index (χ1n) is 8.19. The Morgan fingerprint density at radius 3 is 2.79 bits per heavy atom. The van der Waals surface area contributed by atoms with Crippen LogP contribution in [0.3, 0.4) is 0 Å². The molecule has 3 heterocycles. The molecule has 0 unspecified atom stereocenters. The Morgan fingerprint density at radius 2 is 2.08 bits per heavy atom. The summed E-state index contributed by atoms with van der Waals surface area (Å²) in [6.45, 7) is 3.87. The molecule has 1 atom stereocenters. The summed E-state index contributed by atoms with van der Waals surface area (Å²) < 4.78 is 5.11. The monoisotopic (exact) mass is 336 g/mol. The highest BCUT2D eigenvalue weighted by molar-refractivity contribution is 5.88. The molecule has 1 spiro atoms. The molecule has 0 aromatic carbocycles. The van der Waals surface area contributed by atoms with Crippen LogP contribution in [0.5, 0.6) is 0 Å². The van der Waals surface area contributed by atoms with Gasteiger partial charge in [-0.25, -0.2) is 0 Å². The number of piperazine rings is 1. The van der Waals surface area contributed by atoms with E-state index >= 15 is 0 Å². The predicted molar refractivity (Wildman–Crippen MR) is 84.9 cm³/mol. The van der Waals surface area contributed by atoms with Crippen molar-refractivity contribution >= 4 is 11.8 Å². The lowest BCUT2D eigenvalue weighted by atomic mass is 9.86. The Kier molecular flexibility index (Phi) is 4.55. The lowest BCUT2D eigenvalue weighted by Crippen LogP contribution is -2.60. The van der Waals surface area contributed by atoms with Gasteiger partial charge in [0, 0.05) is 45.2 Å². The van der Waals surface area contributed by atoms with E-state index in [1.165, 1.54) is 0 Å². The van der Waals surface area contributed by atoms with Crippen molar-refractivity contribution in [1.82, 2.24) is 24.8 Å². The van der Waals surface area contributed by atoms with Gasteiger partial charge in [0.2, 0.25) is 11.8 Å². The third kappa shape index (κ3) is 3.27. The lowest BCUT2D eigenvalue weighted by Gasteiger charge is -2.49. The van der Waals surface area contributed by atoms with Crippen LogP contribution < -0.4 is 5.73 Å². The predicted octanol–water partition coefficient (Wildman–Crippen LogP) is -0.703. The zero-order chi connectivity index (χ0) is 17.3. The van der Waals surface area contributed by atoms with Crippen LogP contribution in [-0.4, -0.2) is 82.5 Å². The van der Waals surface area contributed by atoms with Gasteiger partial charge in [-0.2, -0.15) is 4.98 Å². The number of nitrogens with zero attached hydrogens (tertiary/aromatic N) is 5. The summed E-state index contributed by atoms with van der Waals surface area (Å²) >= 11 is 0. The van der Waals surface area contributed by atoms with Crippen molar-refractivity contribution in [2.24, 2.45) is 5.73 Å². The van der Waals surface area contributed by atoms with Crippen LogP contribution in [0.2, 0.25) is 0 Å². The maximum atomic E-state index is 12.0. The summed E-state index contributed by atoms with van der Waals surface area (Å²) in [4.78, 5) is 33.5. The quantitative estimate of drug-likeness (QED) is 0.777. The van der Waals surface area contributed by atoms with Crippen molar-refractivity contribution in [1.29, 1.82) is 0 Å². The van der Waals surface area contributed by atoms with Crippen molar-refractivity contribution in [3.63, 3.8) is 0 Å². The Balaban J connectivity index is 1.70. The van der Waals surface area contributed by atoms with Gasteiger partial charge in [-0.05, 0) is 19.9 Å². The molecular formula is C15H24N6O3. The molecule has 2 aliphatic rings. The Morgan fingerprint density at radius 1 is 1.29 bits per heavy atom. The first-order valence-corrected chi connectivity index (χ1v) is 8.19. The molecular weight excluding hydrogens is 312 g/mol. The highest BCUT2D eigenvalue weighted by Crippen LogP contribution is 2.32. The molecule has 3 rings (SSSR count). The topological polar surface area (TPSA) is 109 Å². The van der Waals surface area contributed by atoms with Gasteiger partial charge in [0.25, 0.3) is 11.7 Å². The summed E-state index contributed by atoms with van der Waals surface area (Å²) in [7, 11) is 4.00. The van der Waals surface area contributed by atoms with E-state index in [0.29, 0.717) is 18.9 Å². The van der Waals surface area contributed by atoms with Crippen LogP contribution in [-0.2, 0) is 11.3 Å². The van der Waals surface area contributed by atoms with Gasteiger partial charge in [0.1, 0.15) is 0 Å². The minimum atomic E-state index is -0.690. The smallest absolute Gasteiger partial charge is 0.290 e. The van der Waals surface area contributed by atoms with Crippen molar-refractivity contribution < 1.29 is 14.1 Å². The van der Waals surface area contributed by atoms with E-state index in [4.69, 9.17) is 10.3 Å². The summed E-state index contributed by atoms with van der Waals surface area (Å²) in [5.74, 6) is -0.175. The van der Waals surface area contributed by atoms with E-state index in [-0.39, 0.29) is 17.3 Å². The molecule has 132 valence electrons. The van der Waals surface area contributed by atoms with Gasteiger partial charge < -0.3 is 15.2 Å². The van der Waals surface area contributed by atoms with Crippen LogP contribution in [0, 0.1) is 0 Å². The molecule has 9 nitrogen and oxygen atoms in total. The fraction of sp³-hybridized carbons (Fsp3) is 0.733. The average Bonchev–Trinajstić information content (AvgIpc) is 2.97. The van der Waals surface area contributed by atoms with E-state index in [1.54, 1.807) is 0 Å². The summed E-state index contributed by atoms with van der Waals surface area (Å²) in [6, 6.07) is 0. The number of hydrogen-bond donors (Lipinski definition) is 1. The third-order valence-electron chi connectivity index (χ3n) is 5.27. The number of aromatic nitrogens is 2. The lowest BCUT2D eigenvalue weighted by molar-refractivity contribution is -0.129. The minimum absolute atomic E-state index is 0.0226. The van der Waals surface area contributed by atoms with Crippen LogP contribution in [0.15, 0.2) is 4.52 Å². The van der Waals surface area contributed by atoms with Gasteiger partial charge >= 0.3 is 0 Å². The van der Waals surface area contributed by atoms with Crippen molar-refractivity contribution in [3.8, 4) is 0 Å². The number of likely N-dealkylation sites (N-methyl/N-ethyl adjacent to an activating group) is 1. The third-order valence-corrected chi connectivity index (χ3v) is 5.27. The van der Waals surface area contributed by atoms with E-state index in [1.807, 2.05) is 11.9 Å². The molecule has 1 aromatic rings. The number of hydrogen-bond acceptors (Lipinski definition) is 7. The Labute approximate surface area is 140 Å². The molecule has 2 saturated heterocycles. The Hall–Kier alpha value is -2.00. The van der Waals surface area contributed by atoms with Crippen molar-refractivity contribution in [2.45, 2.75) is 31.3 Å². The highest BCUT2D eigenvalue weighted by atomic mass is 16.5. The first kappa shape index (κ1) is 16.8. The summed E-state index contributed by atoms with van der Waals surface area (Å²) in [6.07, 6.45) is 2.36. The fourth-order valence-electron chi connectivity index (χ4n) is 3.59. The number of primary amides is 1. The van der Waals surface area contributed by atoms with Gasteiger partial charge in [0.05, 0.1) is 6.54 Å². The van der Waals surface area contributed by atoms with Crippen molar-refractivity contribution in [3.05, 3.63) is 11.7 Å². The molecule has 24 heavy (non-hydrogen) atoms. The molecule has 0 aliphatic carbocycles. The average molecular weight is 336 g/mol. The molecule has 2 fully saturated rings. The van der Waals surface area contributed by atoms with E-state index in [0.717, 1.165) is 39.0 Å². The zero-order valence-electron chi connectivity index (χ0n) is 14.2. The number of carbonyl (C=O) groups is 2. The number of amides is 2. The number of rotatable bonds is 3. The normalized spacial score (nSPS) is 26.8. The van der Waals surface area contributed by atoms with Gasteiger partial charge in [-0.3, -0.25) is 19.4 Å². The Bertz CT molecular complexity index is 632. The fourth-order valence-corrected chi connectivity index (χ4v) is 3.59. The summed E-state index contributed by atoms with van der Waals surface area (Å²) in [5.41, 5.74) is 5.13. The standard InChI is InChI=1S/C15H24N6O3/c1-19-6-5-15(4-3-12(19)22)10-21(8-7-20(15)2)9-11-17-14(13(16)23)18-24-11/h3-10H2,1-2H3,(H2,16,23)/t15-/m0/s1. The van der Waals surface area contributed by atoms with E-state index in [2.05, 4.69) is 27.0 Å².